The van der Waals surface area contributed by atoms with E-state index in [2.05, 4.69) is 40.9 Å². The van der Waals surface area contributed by atoms with Crippen LogP contribution in [0.3, 0.4) is 0 Å². The van der Waals surface area contributed by atoms with Crippen molar-refractivity contribution in [1.82, 2.24) is 20.1 Å². The summed E-state index contributed by atoms with van der Waals surface area (Å²) in [5.74, 6) is 2.19. The molecule has 0 amide bonds. The molecule has 1 aromatic rings. The Morgan fingerprint density at radius 3 is 2.77 bits per heavy atom. The first-order chi connectivity index (χ1) is 6.09. The van der Waals surface area contributed by atoms with Crippen LogP contribution >= 0.6 is 0 Å². The van der Waals surface area contributed by atoms with Gasteiger partial charge in [0.1, 0.15) is 11.6 Å². The summed E-state index contributed by atoms with van der Waals surface area (Å²) < 4.78 is 2.18. The molecule has 1 N–H and O–H groups in total. The van der Waals surface area contributed by atoms with Crippen molar-refractivity contribution >= 4 is 0 Å². The van der Waals surface area contributed by atoms with Crippen molar-refractivity contribution in [3.8, 4) is 0 Å². The fourth-order valence-corrected chi connectivity index (χ4v) is 1.63. The molecular weight excluding hydrogens is 164 g/mol. The Balaban J connectivity index is 2.43. The summed E-state index contributed by atoms with van der Waals surface area (Å²) in [6, 6.07) is 0. The Morgan fingerprint density at radius 1 is 1.31 bits per heavy atom. The average molecular weight is 180 g/mol. The molecule has 2 heterocycles. The molecule has 0 saturated carbocycles. The van der Waals surface area contributed by atoms with Crippen LogP contribution in [0.1, 0.15) is 32.4 Å². The first-order valence-corrected chi connectivity index (χ1v) is 4.72. The first kappa shape index (κ1) is 8.69. The zero-order chi connectivity index (χ0) is 9.47. The third-order valence-electron chi connectivity index (χ3n) is 2.29. The molecule has 0 saturated heterocycles. The Hall–Kier alpha value is -0.900. The van der Waals surface area contributed by atoms with E-state index in [0.29, 0.717) is 0 Å². The highest BCUT2D eigenvalue weighted by Crippen LogP contribution is 2.21. The average Bonchev–Trinajstić information content (AvgIpc) is 2.45. The summed E-state index contributed by atoms with van der Waals surface area (Å²) in [4.78, 5) is 0. The normalized spacial score (nSPS) is 17.2. The molecule has 1 aromatic heterocycles. The fraction of sp³-hybridized carbons (Fsp3) is 0.778. The topological polar surface area (TPSA) is 42.7 Å². The van der Waals surface area contributed by atoms with Crippen LogP contribution in [-0.2, 0) is 18.5 Å². The lowest BCUT2D eigenvalue weighted by Crippen LogP contribution is -2.32. The predicted octanol–water partition coefficient (Wildman–Crippen LogP) is 0.679. The largest absolute Gasteiger partial charge is 0.301 e. The molecule has 1 aliphatic rings. The number of fused-ring (bicyclic) bond motifs is 1. The SMILES string of the molecule is CC(C)(C)c1nnc2n1CNCC2. The molecular formula is C9H16N4. The Kier molecular flexibility index (Phi) is 1.87. The molecule has 0 unspecified atom stereocenters. The third kappa shape index (κ3) is 1.46. The van der Waals surface area contributed by atoms with E-state index >= 15 is 0 Å². The monoisotopic (exact) mass is 180 g/mol. The minimum atomic E-state index is 0.0876. The van der Waals surface area contributed by atoms with Crippen LogP contribution in [0.15, 0.2) is 0 Å². The lowest BCUT2D eigenvalue weighted by atomic mass is 9.95. The fourth-order valence-electron chi connectivity index (χ4n) is 1.63. The van der Waals surface area contributed by atoms with Crippen molar-refractivity contribution in [2.75, 3.05) is 6.54 Å². The molecule has 72 valence electrons. The van der Waals surface area contributed by atoms with Gasteiger partial charge in [0.2, 0.25) is 0 Å². The van der Waals surface area contributed by atoms with E-state index in [0.717, 1.165) is 31.3 Å². The zero-order valence-corrected chi connectivity index (χ0v) is 8.46. The molecule has 0 spiro atoms. The molecule has 0 radical (unpaired) electrons. The van der Waals surface area contributed by atoms with Crippen molar-refractivity contribution in [1.29, 1.82) is 0 Å². The lowest BCUT2D eigenvalue weighted by molar-refractivity contribution is 0.431. The molecule has 1 aliphatic heterocycles. The molecule has 13 heavy (non-hydrogen) atoms. The van der Waals surface area contributed by atoms with Gasteiger partial charge in [0, 0.05) is 18.4 Å². The molecule has 2 rings (SSSR count). The second kappa shape index (κ2) is 2.80. The van der Waals surface area contributed by atoms with Gasteiger partial charge in [-0.1, -0.05) is 20.8 Å². The highest BCUT2D eigenvalue weighted by atomic mass is 15.3. The lowest BCUT2D eigenvalue weighted by Gasteiger charge is -2.22. The van der Waals surface area contributed by atoms with Crippen LogP contribution in [0.2, 0.25) is 0 Å². The minimum absolute atomic E-state index is 0.0876. The summed E-state index contributed by atoms with van der Waals surface area (Å²) in [7, 11) is 0. The van der Waals surface area contributed by atoms with Crippen LogP contribution in [0, 0.1) is 0 Å². The van der Waals surface area contributed by atoms with Crippen molar-refractivity contribution in [2.45, 2.75) is 39.3 Å². The summed E-state index contributed by atoms with van der Waals surface area (Å²) in [5, 5.41) is 11.8. The summed E-state index contributed by atoms with van der Waals surface area (Å²) in [6.07, 6.45) is 0.989. The van der Waals surface area contributed by atoms with Gasteiger partial charge in [0.05, 0.1) is 6.67 Å². The number of rotatable bonds is 0. The molecule has 0 bridgehead atoms. The van der Waals surface area contributed by atoms with E-state index in [1.165, 1.54) is 0 Å². The van der Waals surface area contributed by atoms with Gasteiger partial charge in [0.15, 0.2) is 0 Å². The van der Waals surface area contributed by atoms with Crippen LogP contribution in [0.4, 0.5) is 0 Å². The molecule has 0 fully saturated rings. The van der Waals surface area contributed by atoms with Crippen LogP contribution in [-0.4, -0.2) is 21.3 Å². The Bertz CT molecular complexity index is 308. The maximum atomic E-state index is 4.24. The summed E-state index contributed by atoms with van der Waals surface area (Å²) in [5.41, 5.74) is 0.0876. The number of hydrogen-bond acceptors (Lipinski definition) is 3. The van der Waals surface area contributed by atoms with Gasteiger partial charge in [-0.05, 0) is 0 Å². The maximum absolute atomic E-state index is 4.24. The minimum Gasteiger partial charge on any atom is -0.301 e. The quantitative estimate of drug-likeness (QED) is 0.638. The maximum Gasteiger partial charge on any atom is 0.139 e. The van der Waals surface area contributed by atoms with Crippen LogP contribution in [0.5, 0.6) is 0 Å². The Morgan fingerprint density at radius 2 is 2.08 bits per heavy atom. The standard InChI is InChI=1S/C9H16N4/c1-9(2,3)8-12-11-7-4-5-10-6-13(7)8/h10H,4-6H2,1-3H3. The highest BCUT2D eigenvalue weighted by Gasteiger charge is 2.24. The third-order valence-corrected chi connectivity index (χ3v) is 2.29. The van der Waals surface area contributed by atoms with Gasteiger partial charge in [-0.2, -0.15) is 0 Å². The number of hydrogen-bond donors (Lipinski definition) is 1. The highest BCUT2D eigenvalue weighted by molar-refractivity contribution is 5.07. The number of nitrogens with zero attached hydrogens (tertiary/aromatic N) is 3. The number of aromatic nitrogens is 3. The van der Waals surface area contributed by atoms with Crippen LogP contribution in [0.25, 0.3) is 0 Å². The van der Waals surface area contributed by atoms with Crippen molar-refractivity contribution in [3.63, 3.8) is 0 Å². The van der Waals surface area contributed by atoms with E-state index in [4.69, 9.17) is 0 Å². The van der Waals surface area contributed by atoms with Crippen molar-refractivity contribution in [3.05, 3.63) is 11.6 Å². The predicted molar refractivity (Wildman–Crippen MR) is 50.4 cm³/mol. The zero-order valence-electron chi connectivity index (χ0n) is 8.46. The molecule has 4 heteroatoms. The van der Waals surface area contributed by atoms with E-state index in [1.807, 2.05) is 0 Å². The van der Waals surface area contributed by atoms with Gasteiger partial charge < -0.3 is 4.57 Å². The van der Waals surface area contributed by atoms with Gasteiger partial charge in [-0.25, -0.2) is 0 Å². The van der Waals surface area contributed by atoms with Gasteiger partial charge >= 0.3 is 0 Å². The summed E-state index contributed by atoms with van der Waals surface area (Å²) in [6.45, 7) is 8.37. The van der Waals surface area contributed by atoms with Gasteiger partial charge in [-0.15, -0.1) is 10.2 Å². The van der Waals surface area contributed by atoms with Gasteiger partial charge in [-0.3, -0.25) is 5.32 Å². The molecule has 0 atom stereocenters. The van der Waals surface area contributed by atoms with Gasteiger partial charge in [0.25, 0.3) is 0 Å². The molecule has 0 aliphatic carbocycles. The first-order valence-electron chi connectivity index (χ1n) is 4.72. The molecule has 0 aromatic carbocycles. The second-order valence-corrected chi connectivity index (χ2v) is 4.53. The van der Waals surface area contributed by atoms with Crippen molar-refractivity contribution < 1.29 is 0 Å². The second-order valence-electron chi connectivity index (χ2n) is 4.53. The number of nitrogens with one attached hydrogen (secondary N) is 1. The van der Waals surface area contributed by atoms with E-state index in [1.54, 1.807) is 0 Å². The van der Waals surface area contributed by atoms with E-state index in [-0.39, 0.29) is 5.41 Å². The summed E-state index contributed by atoms with van der Waals surface area (Å²) >= 11 is 0. The molecule has 4 nitrogen and oxygen atoms in total. The van der Waals surface area contributed by atoms with E-state index < -0.39 is 0 Å². The van der Waals surface area contributed by atoms with Crippen LogP contribution < -0.4 is 5.32 Å². The smallest absolute Gasteiger partial charge is 0.139 e. The van der Waals surface area contributed by atoms with Crippen molar-refractivity contribution in [2.24, 2.45) is 0 Å². The Labute approximate surface area is 78.4 Å². The van der Waals surface area contributed by atoms with E-state index in [9.17, 15) is 0 Å².